The van der Waals surface area contributed by atoms with Crippen LogP contribution in [0.25, 0.3) is 0 Å². The summed E-state index contributed by atoms with van der Waals surface area (Å²) in [5, 5.41) is 6.60. The van der Waals surface area contributed by atoms with Gasteiger partial charge in [-0.1, -0.05) is 18.2 Å². The van der Waals surface area contributed by atoms with Gasteiger partial charge in [0.1, 0.15) is 18.6 Å². The van der Waals surface area contributed by atoms with Crippen LogP contribution in [-0.2, 0) is 22.6 Å². The Kier molecular flexibility index (Phi) is 9.70. The van der Waals surface area contributed by atoms with Crippen LogP contribution < -0.4 is 10.6 Å². The topological polar surface area (TPSA) is 107 Å². The molecule has 1 aromatic carbocycles. The Morgan fingerprint density at radius 3 is 2.53 bits per heavy atom. The number of carbonyl (C=O) groups excluding carboxylic acids is 3. The summed E-state index contributed by atoms with van der Waals surface area (Å²) in [5.74, 6) is 1.38. The molecule has 2 aromatic rings. The van der Waals surface area contributed by atoms with Crippen molar-refractivity contribution in [2.75, 3.05) is 44.6 Å². The molecule has 5 heterocycles. The maximum absolute atomic E-state index is 14.0. The van der Waals surface area contributed by atoms with Crippen LogP contribution in [-0.4, -0.2) is 89.1 Å². The number of hydrogen-bond acceptors (Lipinski definition) is 7. The largest absolute Gasteiger partial charge is 0.443 e. The van der Waals surface area contributed by atoms with Crippen molar-refractivity contribution in [2.45, 2.75) is 83.5 Å². The molecule has 0 radical (unpaired) electrons. The second-order valence-electron chi connectivity index (χ2n) is 13.4. The first-order valence-corrected chi connectivity index (χ1v) is 16.8. The predicted octanol–water partition coefficient (Wildman–Crippen LogP) is 4.89. The lowest BCUT2D eigenvalue weighted by molar-refractivity contribution is -0.128. The highest BCUT2D eigenvalue weighted by Gasteiger charge is 2.52. The van der Waals surface area contributed by atoms with Gasteiger partial charge in [0.25, 0.3) is 0 Å². The second kappa shape index (κ2) is 13.9. The minimum atomic E-state index is -0.864. The van der Waals surface area contributed by atoms with Gasteiger partial charge in [-0.05, 0) is 106 Å². The third-order valence-electron chi connectivity index (χ3n) is 10.9. The molecule has 3 saturated heterocycles. The van der Waals surface area contributed by atoms with Crippen LogP contribution in [0.5, 0.6) is 0 Å². The van der Waals surface area contributed by atoms with E-state index in [4.69, 9.17) is 4.74 Å². The average molecular weight is 617 g/mol. The van der Waals surface area contributed by atoms with Gasteiger partial charge >= 0.3 is 12.1 Å². The number of likely N-dealkylation sites (tertiary alicyclic amines) is 2. The molecule has 0 bridgehead atoms. The summed E-state index contributed by atoms with van der Waals surface area (Å²) < 4.78 is 5.92. The monoisotopic (exact) mass is 616 g/mol. The molecule has 0 unspecified atom stereocenters. The highest BCUT2D eigenvalue weighted by Crippen LogP contribution is 2.41. The van der Waals surface area contributed by atoms with Gasteiger partial charge in [0.15, 0.2) is 0 Å². The number of amides is 3. The Morgan fingerprint density at radius 1 is 1.02 bits per heavy atom. The molecule has 45 heavy (non-hydrogen) atoms. The molecular weight excluding hydrogens is 568 g/mol. The molecule has 4 aliphatic heterocycles. The molecule has 10 nitrogen and oxygen atoms in total. The molecule has 10 heteroatoms. The normalized spacial score (nSPS) is 25.3. The Hall–Kier alpha value is -3.50. The molecule has 242 valence electrons. The first kappa shape index (κ1) is 31.5. The lowest BCUT2D eigenvalue weighted by Gasteiger charge is -2.56. The summed E-state index contributed by atoms with van der Waals surface area (Å²) in [7, 11) is 0. The van der Waals surface area contributed by atoms with E-state index in [2.05, 4.69) is 26.6 Å². The van der Waals surface area contributed by atoms with Crippen molar-refractivity contribution in [1.82, 2.24) is 25.0 Å². The number of pyridine rings is 1. The lowest BCUT2D eigenvalue weighted by Crippen LogP contribution is -2.69. The Balaban J connectivity index is 1.24. The van der Waals surface area contributed by atoms with Gasteiger partial charge in [0, 0.05) is 56.9 Å². The van der Waals surface area contributed by atoms with E-state index >= 15 is 0 Å². The lowest BCUT2D eigenvalue weighted by atomic mass is 9.77. The number of anilines is 1. The van der Waals surface area contributed by atoms with Gasteiger partial charge < -0.3 is 25.1 Å². The zero-order chi connectivity index (χ0) is 31.4. The number of benzene rings is 1. The molecule has 3 amide bonds. The molecule has 2 atom stereocenters. The van der Waals surface area contributed by atoms with Crippen LogP contribution in [0.15, 0.2) is 36.5 Å². The molecular formula is C35H48N6O4. The number of fused-ring (bicyclic) bond motifs is 1. The minimum Gasteiger partial charge on any atom is -0.443 e. The Bertz CT molecular complexity index is 1370. The number of aldehydes is 1. The fourth-order valence-electron chi connectivity index (χ4n) is 8.17. The number of aromatic nitrogens is 1. The zero-order valence-electron chi connectivity index (χ0n) is 26.8. The molecule has 6 rings (SSSR count). The minimum absolute atomic E-state index is 0.0711. The first-order chi connectivity index (χ1) is 21.9. The zero-order valence-corrected chi connectivity index (χ0v) is 26.8. The second-order valence-corrected chi connectivity index (χ2v) is 13.4. The van der Waals surface area contributed by atoms with E-state index < -0.39 is 11.8 Å². The van der Waals surface area contributed by atoms with Crippen molar-refractivity contribution in [3.05, 3.63) is 58.9 Å². The number of nitrogens with zero attached hydrogens (tertiary/aromatic N) is 4. The standard InChI is InChI=1S/C35H48N6O4/c1-25-21-30(37-23-26(25)2)24-45-34(44)41-19-12-31(40-18-11-29-5-3-4-6-32(29)38-33(40)43)22-35(41,13-20-42)39-16-9-28(10-17-39)27-7-14-36-15-8-27/h3-6,20-21,23,27-28,31,36H,7-19,22,24H2,1-2H3,(H,38,43)/t31-,35+/m1/s1. The number of aryl methyl sites for hydroxylation is 2. The maximum Gasteiger partial charge on any atom is 0.411 e. The fraction of sp³-hybridized carbons (Fsp3) is 0.600. The van der Waals surface area contributed by atoms with E-state index in [1.807, 2.05) is 43.0 Å². The number of hydrogen-bond donors (Lipinski definition) is 2. The SMILES string of the molecule is Cc1cnc(COC(=O)N2CC[C@@H](N3CCc4ccccc4NC3=O)C[C@@]2(CC=O)N2CCC(C3CCNCC3)CC2)cc1C. The number of carbonyl (C=O) groups is 3. The van der Waals surface area contributed by atoms with Gasteiger partial charge in [0.05, 0.1) is 5.69 Å². The van der Waals surface area contributed by atoms with E-state index in [1.54, 1.807) is 11.1 Å². The van der Waals surface area contributed by atoms with Gasteiger partial charge in [-0.2, -0.15) is 0 Å². The van der Waals surface area contributed by atoms with Gasteiger partial charge in [-0.3, -0.25) is 14.8 Å². The van der Waals surface area contributed by atoms with E-state index in [9.17, 15) is 14.4 Å². The van der Waals surface area contributed by atoms with E-state index in [1.165, 1.54) is 12.8 Å². The smallest absolute Gasteiger partial charge is 0.411 e. The van der Waals surface area contributed by atoms with Crippen LogP contribution in [0, 0.1) is 25.7 Å². The quantitative estimate of drug-likeness (QED) is 0.427. The van der Waals surface area contributed by atoms with Crippen molar-refractivity contribution in [3.8, 4) is 0 Å². The third kappa shape index (κ3) is 6.72. The van der Waals surface area contributed by atoms with Crippen molar-refractivity contribution in [2.24, 2.45) is 11.8 Å². The van der Waals surface area contributed by atoms with Crippen LogP contribution in [0.1, 0.15) is 67.3 Å². The van der Waals surface area contributed by atoms with Crippen molar-refractivity contribution < 1.29 is 19.1 Å². The Labute approximate surface area is 266 Å². The Morgan fingerprint density at radius 2 is 1.78 bits per heavy atom. The van der Waals surface area contributed by atoms with Crippen LogP contribution in [0.4, 0.5) is 15.3 Å². The van der Waals surface area contributed by atoms with Crippen molar-refractivity contribution >= 4 is 24.1 Å². The van der Waals surface area contributed by atoms with Crippen molar-refractivity contribution in [3.63, 3.8) is 0 Å². The molecule has 1 aromatic heterocycles. The third-order valence-corrected chi connectivity index (χ3v) is 10.9. The average Bonchev–Trinajstić information content (AvgIpc) is 3.23. The molecule has 4 aliphatic rings. The van der Waals surface area contributed by atoms with Crippen LogP contribution in [0.2, 0.25) is 0 Å². The fourth-order valence-corrected chi connectivity index (χ4v) is 8.17. The van der Waals surface area contributed by atoms with Crippen LogP contribution in [0.3, 0.4) is 0 Å². The molecule has 0 aliphatic carbocycles. The number of para-hydroxylation sites is 1. The highest BCUT2D eigenvalue weighted by atomic mass is 16.6. The number of nitrogens with one attached hydrogen (secondary N) is 2. The molecule has 2 N–H and O–H groups in total. The number of piperidine rings is 3. The first-order valence-electron chi connectivity index (χ1n) is 16.8. The summed E-state index contributed by atoms with van der Waals surface area (Å²) >= 11 is 0. The predicted molar refractivity (Wildman–Crippen MR) is 173 cm³/mol. The summed E-state index contributed by atoms with van der Waals surface area (Å²) in [6, 6.07) is 9.66. The summed E-state index contributed by atoms with van der Waals surface area (Å²) in [4.78, 5) is 50.6. The molecule has 3 fully saturated rings. The van der Waals surface area contributed by atoms with Crippen molar-refractivity contribution in [1.29, 1.82) is 0 Å². The summed E-state index contributed by atoms with van der Waals surface area (Å²) in [5.41, 5.74) is 3.99. The van der Waals surface area contributed by atoms with E-state index in [-0.39, 0.29) is 25.1 Å². The van der Waals surface area contributed by atoms with Gasteiger partial charge in [0.2, 0.25) is 0 Å². The maximum atomic E-state index is 14.0. The van der Waals surface area contributed by atoms with Crippen LogP contribution >= 0.6 is 0 Å². The van der Waals surface area contributed by atoms with Gasteiger partial charge in [-0.25, -0.2) is 9.59 Å². The molecule has 0 saturated carbocycles. The highest BCUT2D eigenvalue weighted by molar-refractivity contribution is 5.91. The van der Waals surface area contributed by atoms with E-state index in [0.717, 1.165) is 80.0 Å². The summed E-state index contributed by atoms with van der Waals surface area (Å²) in [6.45, 7) is 8.89. The summed E-state index contributed by atoms with van der Waals surface area (Å²) in [6.07, 6.45) is 8.89. The van der Waals surface area contributed by atoms with E-state index in [0.29, 0.717) is 37.5 Å². The number of urea groups is 1. The van der Waals surface area contributed by atoms with Gasteiger partial charge in [-0.15, -0.1) is 0 Å². The molecule has 0 spiro atoms. The number of ether oxygens (including phenoxy) is 1. The number of rotatable bonds is 7.